The Kier molecular flexibility index (Phi) is 5.94. The second-order valence-corrected chi connectivity index (χ2v) is 7.94. The average molecular weight is 418 g/mol. The van der Waals surface area contributed by atoms with Gasteiger partial charge in [-0.2, -0.15) is 0 Å². The number of phenols is 1. The van der Waals surface area contributed by atoms with E-state index in [0.29, 0.717) is 18.5 Å². The zero-order valence-electron chi connectivity index (χ0n) is 17.9. The largest absolute Gasteiger partial charge is 0.508 e. The molecule has 0 saturated heterocycles. The first kappa shape index (κ1) is 20.9. The molecule has 1 heterocycles. The van der Waals surface area contributed by atoms with Gasteiger partial charge in [0.25, 0.3) is 0 Å². The summed E-state index contributed by atoms with van der Waals surface area (Å²) >= 11 is 0. The minimum absolute atomic E-state index is 0.0755. The van der Waals surface area contributed by atoms with Gasteiger partial charge in [-0.1, -0.05) is 42.5 Å². The van der Waals surface area contributed by atoms with Crippen LogP contribution >= 0.6 is 0 Å². The number of carbonyl (C=O) groups is 2. The normalized spacial score (nSPS) is 14.2. The predicted molar refractivity (Wildman–Crippen MR) is 119 cm³/mol. The smallest absolute Gasteiger partial charge is 0.329 e. The van der Waals surface area contributed by atoms with Gasteiger partial charge in [0.2, 0.25) is 0 Å². The quantitative estimate of drug-likeness (QED) is 0.571. The first-order valence-electron chi connectivity index (χ1n) is 10.8. The van der Waals surface area contributed by atoms with E-state index in [-0.39, 0.29) is 24.1 Å². The summed E-state index contributed by atoms with van der Waals surface area (Å²) in [5.74, 6) is -0.103. The Labute approximate surface area is 182 Å². The molecule has 2 aromatic carbocycles. The van der Waals surface area contributed by atoms with Gasteiger partial charge in [0.15, 0.2) is 5.78 Å². The highest BCUT2D eigenvalue weighted by atomic mass is 16.5. The molecule has 1 N–H and O–H groups in total. The van der Waals surface area contributed by atoms with Crippen LogP contribution < -0.4 is 0 Å². The summed E-state index contributed by atoms with van der Waals surface area (Å²) < 4.78 is 7.34. The van der Waals surface area contributed by atoms with Crippen molar-refractivity contribution in [1.82, 2.24) is 4.57 Å². The monoisotopic (exact) mass is 417 g/mol. The molecular weight excluding hydrogens is 390 g/mol. The van der Waals surface area contributed by atoms with Crippen LogP contribution in [0.15, 0.2) is 54.6 Å². The van der Waals surface area contributed by atoms with Gasteiger partial charge in [0, 0.05) is 24.1 Å². The predicted octanol–water partition coefficient (Wildman–Crippen LogP) is 5.04. The molecule has 0 amide bonds. The summed E-state index contributed by atoms with van der Waals surface area (Å²) in [7, 11) is 0. The lowest BCUT2D eigenvalue weighted by Gasteiger charge is -2.23. The van der Waals surface area contributed by atoms with Crippen molar-refractivity contribution in [3.8, 4) is 16.9 Å². The number of esters is 1. The number of nitrogens with zero attached hydrogens (tertiary/aromatic N) is 1. The molecule has 0 fully saturated rings. The molecule has 0 aliphatic heterocycles. The van der Waals surface area contributed by atoms with Crippen LogP contribution in [0.4, 0.5) is 0 Å². The zero-order chi connectivity index (χ0) is 22.0. The number of hydrogen-bond donors (Lipinski definition) is 1. The van der Waals surface area contributed by atoms with E-state index >= 15 is 0 Å². The van der Waals surface area contributed by atoms with Gasteiger partial charge in [-0.15, -0.1) is 0 Å². The van der Waals surface area contributed by atoms with Gasteiger partial charge in [-0.25, -0.2) is 4.79 Å². The Morgan fingerprint density at radius 3 is 2.48 bits per heavy atom. The molecule has 3 aromatic rings. The van der Waals surface area contributed by atoms with Crippen LogP contribution in [0.5, 0.6) is 5.75 Å². The van der Waals surface area contributed by atoms with Crippen molar-refractivity contribution in [1.29, 1.82) is 0 Å². The fourth-order valence-electron chi connectivity index (χ4n) is 4.61. The molecule has 1 atom stereocenters. The van der Waals surface area contributed by atoms with Gasteiger partial charge in [-0.05, 0) is 55.5 Å². The lowest BCUT2D eigenvalue weighted by Crippen LogP contribution is -2.28. The molecule has 0 unspecified atom stereocenters. The second-order valence-electron chi connectivity index (χ2n) is 7.94. The summed E-state index contributed by atoms with van der Waals surface area (Å²) in [6.07, 6.45) is 2.49. The van der Waals surface area contributed by atoms with Crippen molar-refractivity contribution in [3.63, 3.8) is 0 Å². The molecule has 1 aliphatic carbocycles. The van der Waals surface area contributed by atoms with Gasteiger partial charge in [-0.3, -0.25) is 4.79 Å². The van der Waals surface area contributed by atoms with E-state index in [2.05, 4.69) is 0 Å². The molecular formula is C26H27NO4. The Balaban J connectivity index is 1.90. The maximum Gasteiger partial charge on any atom is 0.329 e. The van der Waals surface area contributed by atoms with E-state index in [1.165, 1.54) is 0 Å². The number of hydrogen-bond acceptors (Lipinski definition) is 4. The fourth-order valence-corrected chi connectivity index (χ4v) is 4.61. The van der Waals surface area contributed by atoms with E-state index in [0.717, 1.165) is 40.8 Å². The molecule has 5 heteroatoms. The third-order valence-electron chi connectivity index (χ3n) is 5.94. The van der Waals surface area contributed by atoms with E-state index in [9.17, 15) is 14.7 Å². The Morgan fingerprint density at radius 1 is 1.10 bits per heavy atom. The summed E-state index contributed by atoms with van der Waals surface area (Å²) in [5, 5.41) is 9.63. The standard InChI is InChI=1S/C26H27NO4/c1-3-31-26(30)22(16-18-12-14-20(28)15-13-18)27-17(2)24(19-8-5-4-6-9-19)21-10-7-11-23(29)25(21)27/h4-6,8-9,12-15,22,28H,3,7,10-11,16H2,1-2H3/t22-/m0/s1. The Morgan fingerprint density at radius 2 is 1.81 bits per heavy atom. The molecule has 1 aliphatic rings. The van der Waals surface area contributed by atoms with Gasteiger partial charge in [0.05, 0.1) is 12.3 Å². The van der Waals surface area contributed by atoms with Crippen LogP contribution in [0, 0.1) is 6.92 Å². The van der Waals surface area contributed by atoms with Crippen molar-refractivity contribution >= 4 is 11.8 Å². The highest BCUT2D eigenvalue weighted by Crippen LogP contribution is 2.39. The van der Waals surface area contributed by atoms with Crippen LogP contribution in [0.1, 0.15) is 53.1 Å². The lowest BCUT2D eigenvalue weighted by atomic mass is 9.90. The third kappa shape index (κ3) is 4.00. The molecule has 0 bridgehead atoms. The highest BCUT2D eigenvalue weighted by molar-refractivity contribution is 6.00. The number of ether oxygens (including phenoxy) is 1. The van der Waals surface area contributed by atoms with Gasteiger partial charge >= 0.3 is 5.97 Å². The van der Waals surface area contributed by atoms with E-state index < -0.39 is 6.04 Å². The topological polar surface area (TPSA) is 68.5 Å². The molecule has 0 radical (unpaired) electrons. The number of rotatable bonds is 6. The SMILES string of the molecule is CCOC(=O)[C@H](Cc1ccc(O)cc1)n1c(C)c(-c2ccccc2)c2c1C(=O)CCC2. The van der Waals surface area contributed by atoms with E-state index in [1.54, 1.807) is 31.2 Å². The number of fused-ring (bicyclic) bond motifs is 1. The molecule has 4 rings (SSSR count). The third-order valence-corrected chi connectivity index (χ3v) is 5.94. The molecule has 31 heavy (non-hydrogen) atoms. The van der Waals surface area contributed by atoms with Crippen molar-refractivity contribution < 1.29 is 19.4 Å². The minimum Gasteiger partial charge on any atom is -0.508 e. The first-order chi connectivity index (χ1) is 15.0. The Bertz CT molecular complexity index is 1100. The van der Waals surface area contributed by atoms with Crippen molar-refractivity contribution in [2.24, 2.45) is 0 Å². The van der Waals surface area contributed by atoms with Crippen LogP contribution in [0.3, 0.4) is 0 Å². The van der Waals surface area contributed by atoms with Crippen LogP contribution in [0.25, 0.3) is 11.1 Å². The van der Waals surface area contributed by atoms with Crippen molar-refractivity contribution in [3.05, 3.63) is 77.1 Å². The number of Topliss-reactive ketones (excluding diaryl/α,β-unsaturated/α-hetero) is 1. The molecule has 5 nitrogen and oxygen atoms in total. The Hall–Kier alpha value is -3.34. The molecule has 160 valence electrons. The maximum absolute atomic E-state index is 13.1. The van der Waals surface area contributed by atoms with Gasteiger partial charge in [0.1, 0.15) is 11.8 Å². The first-order valence-corrected chi connectivity index (χ1v) is 10.8. The number of aromatic nitrogens is 1. The summed E-state index contributed by atoms with van der Waals surface area (Å²) in [4.78, 5) is 26.2. The number of phenolic OH excluding ortho intramolecular Hbond substituents is 1. The van der Waals surface area contributed by atoms with Crippen LogP contribution in [-0.4, -0.2) is 28.0 Å². The summed E-state index contributed by atoms with van der Waals surface area (Å²) in [6, 6.07) is 16.2. The van der Waals surface area contributed by atoms with Crippen molar-refractivity contribution in [2.45, 2.75) is 45.6 Å². The number of aromatic hydroxyl groups is 1. The molecule has 1 aromatic heterocycles. The van der Waals surface area contributed by atoms with Crippen LogP contribution in [-0.2, 0) is 22.4 Å². The summed E-state index contributed by atoms with van der Waals surface area (Å²) in [6.45, 7) is 4.04. The van der Waals surface area contributed by atoms with Crippen LogP contribution in [0.2, 0.25) is 0 Å². The highest BCUT2D eigenvalue weighted by Gasteiger charge is 2.34. The number of ketones is 1. The maximum atomic E-state index is 13.1. The van der Waals surface area contributed by atoms with E-state index in [4.69, 9.17) is 4.74 Å². The lowest BCUT2D eigenvalue weighted by molar-refractivity contribution is -0.147. The number of benzene rings is 2. The molecule has 0 spiro atoms. The molecule has 0 saturated carbocycles. The number of carbonyl (C=O) groups excluding carboxylic acids is 2. The van der Waals surface area contributed by atoms with E-state index in [1.807, 2.05) is 41.8 Å². The average Bonchev–Trinajstić information content (AvgIpc) is 3.07. The fraction of sp³-hybridized carbons (Fsp3) is 0.308. The minimum atomic E-state index is -0.655. The van der Waals surface area contributed by atoms with Gasteiger partial charge < -0.3 is 14.4 Å². The van der Waals surface area contributed by atoms with Crippen molar-refractivity contribution in [2.75, 3.05) is 6.61 Å². The second kappa shape index (κ2) is 8.80. The summed E-state index contributed by atoms with van der Waals surface area (Å²) in [5.41, 5.74) is 5.56. The zero-order valence-corrected chi connectivity index (χ0v) is 17.9.